The number of nitrogens with one attached hydrogen (secondary N) is 1. The van der Waals surface area contributed by atoms with Gasteiger partial charge in [0, 0.05) is 11.6 Å². The van der Waals surface area contributed by atoms with Gasteiger partial charge < -0.3 is 15.8 Å². The van der Waals surface area contributed by atoms with Gasteiger partial charge >= 0.3 is 0 Å². The maximum atomic E-state index is 12.4. The van der Waals surface area contributed by atoms with Crippen molar-refractivity contribution in [2.45, 2.75) is 52.5 Å². The number of carbonyl (C=O) groups excluding carboxylic acids is 1. The summed E-state index contributed by atoms with van der Waals surface area (Å²) in [6.45, 7) is 7.00. The number of hydrogen-bond acceptors (Lipinski definition) is 3. The van der Waals surface area contributed by atoms with E-state index in [0.717, 1.165) is 6.42 Å². The Labute approximate surface area is 133 Å². The maximum Gasteiger partial charge on any atom is 0.251 e. The lowest BCUT2D eigenvalue weighted by atomic mass is 9.86. The average Bonchev–Trinajstić information content (AvgIpc) is 2.48. The molecule has 3 N–H and O–H groups in total. The van der Waals surface area contributed by atoms with E-state index in [1.807, 2.05) is 0 Å². The quantitative estimate of drug-likeness (QED) is 0.817. The molecule has 0 bridgehead atoms. The lowest BCUT2D eigenvalue weighted by molar-refractivity contribution is 0.0910. The van der Waals surface area contributed by atoms with Crippen molar-refractivity contribution >= 4 is 11.6 Å². The van der Waals surface area contributed by atoms with E-state index in [2.05, 4.69) is 26.1 Å². The number of nitrogens with two attached hydrogens (primary N) is 1. The van der Waals surface area contributed by atoms with Crippen LogP contribution >= 0.6 is 0 Å². The molecule has 2 atom stereocenters. The van der Waals surface area contributed by atoms with Crippen LogP contribution in [0.2, 0.25) is 0 Å². The number of amides is 1. The molecule has 4 heteroatoms. The van der Waals surface area contributed by atoms with Crippen molar-refractivity contribution in [1.82, 2.24) is 5.32 Å². The zero-order chi connectivity index (χ0) is 16.1. The molecular formula is C18H28N2O2. The monoisotopic (exact) mass is 304 g/mol. The highest BCUT2D eigenvalue weighted by molar-refractivity contribution is 5.95. The zero-order valence-electron chi connectivity index (χ0n) is 13.9. The third-order valence-electron chi connectivity index (χ3n) is 4.27. The second-order valence-electron chi connectivity index (χ2n) is 6.80. The minimum Gasteiger partial charge on any atom is -0.491 e. The Morgan fingerprint density at radius 3 is 2.73 bits per heavy atom. The van der Waals surface area contributed by atoms with Gasteiger partial charge in [0.05, 0.1) is 12.3 Å². The topological polar surface area (TPSA) is 64.3 Å². The molecule has 1 saturated carbocycles. The molecule has 0 saturated heterocycles. The SMILES string of the molecule is CC(C)COc1ccc(C(=O)NC2CCCCC2C)cc1N. The van der Waals surface area contributed by atoms with Gasteiger partial charge in [-0.25, -0.2) is 0 Å². The standard InChI is InChI=1S/C18H28N2O2/c1-12(2)11-22-17-9-8-14(10-15(17)19)18(21)20-16-7-5-4-6-13(16)3/h8-10,12-13,16H,4-7,11,19H2,1-3H3,(H,20,21). The van der Waals surface area contributed by atoms with Crippen LogP contribution < -0.4 is 15.8 Å². The van der Waals surface area contributed by atoms with Gasteiger partial charge in [0.25, 0.3) is 5.91 Å². The van der Waals surface area contributed by atoms with Gasteiger partial charge in [-0.2, -0.15) is 0 Å². The highest BCUT2D eigenvalue weighted by atomic mass is 16.5. The number of ether oxygens (including phenoxy) is 1. The Hall–Kier alpha value is -1.71. The van der Waals surface area contributed by atoms with Gasteiger partial charge in [-0.3, -0.25) is 4.79 Å². The summed E-state index contributed by atoms with van der Waals surface area (Å²) in [5.41, 5.74) is 7.12. The highest BCUT2D eigenvalue weighted by Gasteiger charge is 2.23. The molecule has 2 rings (SSSR count). The predicted molar refractivity (Wildman–Crippen MR) is 90.1 cm³/mol. The Bertz CT molecular complexity index is 514. The van der Waals surface area contributed by atoms with Crippen molar-refractivity contribution in [3.8, 4) is 5.75 Å². The molecule has 0 aliphatic heterocycles. The van der Waals surface area contributed by atoms with Crippen LogP contribution in [0.4, 0.5) is 5.69 Å². The van der Waals surface area contributed by atoms with Crippen LogP contribution in [-0.2, 0) is 0 Å². The molecule has 1 aliphatic rings. The van der Waals surface area contributed by atoms with E-state index in [1.54, 1.807) is 18.2 Å². The first-order valence-corrected chi connectivity index (χ1v) is 8.30. The molecule has 0 spiro atoms. The average molecular weight is 304 g/mol. The Morgan fingerprint density at radius 2 is 2.09 bits per heavy atom. The summed E-state index contributed by atoms with van der Waals surface area (Å²) in [4.78, 5) is 12.4. The second-order valence-corrected chi connectivity index (χ2v) is 6.80. The van der Waals surface area contributed by atoms with Crippen molar-refractivity contribution in [3.05, 3.63) is 23.8 Å². The van der Waals surface area contributed by atoms with Crippen LogP contribution in [0.15, 0.2) is 18.2 Å². The molecule has 1 amide bonds. The van der Waals surface area contributed by atoms with E-state index in [-0.39, 0.29) is 11.9 Å². The third kappa shape index (κ3) is 4.39. The number of anilines is 1. The number of benzene rings is 1. The van der Waals surface area contributed by atoms with Gasteiger partial charge in [0.15, 0.2) is 0 Å². The molecule has 4 nitrogen and oxygen atoms in total. The lowest BCUT2D eigenvalue weighted by Crippen LogP contribution is -2.41. The third-order valence-corrected chi connectivity index (χ3v) is 4.27. The largest absolute Gasteiger partial charge is 0.491 e. The number of hydrogen-bond donors (Lipinski definition) is 2. The van der Waals surface area contributed by atoms with Gasteiger partial charge in [0.2, 0.25) is 0 Å². The van der Waals surface area contributed by atoms with Crippen molar-refractivity contribution in [2.75, 3.05) is 12.3 Å². The molecule has 122 valence electrons. The molecule has 1 aromatic rings. The number of nitrogen functional groups attached to an aromatic ring is 1. The van der Waals surface area contributed by atoms with Crippen molar-refractivity contribution in [3.63, 3.8) is 0 Å². The second kappa shape index (κ2) is 7.52. The molecule has 1 fully saturated rings. The summed E-state index contributed by atoms with van der Waals surface area (Å²) in [7, 11) is 0. The minimum atomic E-state index is -0.0409. The smallest absolute Gasteiger partial charge is 0.251 e. The van der Waals surface area contributed by atoms with E-state index < -0.39 is 0 Å². The van der Waals surface area contributed by atoms with Gasteiger partial charge in [-0.15, -0.1) is 0 Å². The summed E-state index contributed by atoms with van der Waals surface area (Å²) < 4.78 is 5.64. The first-order chi connectivity index (χ1) is 10.5. The van der Waals surface area contributed by atoms with E-state index in [1.165, 1.54) is 19.3 Å². The van der Waals surface area contributed by atoms with Crippen LogP contribution in [0.3, 0.4) is 0 Å². The van der Waals surface area contributed by atoms with Gasteiger partial charge in [-0.05, 0) is 42.9 Å². The normalized spacial score (nSPS) is 21.6. The fourth-order valence-electron chi connectivity index (χ4n) is 2.86. The van der Waals surface area contributed by atoms with Crippen molar-refractivity contribution in [2.24, 2.45) is 11.8 Å². The molecule has 1 aromatic carbocycles. The molecule has 0 radical (unpaired) electrons. The van der Waals surface area contributed by atoms with Crippen LogP contribution in [0.5, 0.6) is 5.75 Å². The summed E-state index contributed by atoms with van der Waals surface area (Å²) in [5, 5.41) is 3.15. The molecule has 0 aromatic heterocycles. The van der Waals surface area contributed by atoms with Gasteiger partial charge in [-0.1, -0.05) is 33.6 Å². The predicted octanol–water partition coefficient (Wildman–Crippen LogP) is 3.61. The summed E-state index contributed by atoms with van der Waals surface area (Å²) in [6, 6.07) is 5.56. The molecule has 2 unspecified atom stereocenters. The van der Waals surface area contributed by atoms with Crippen molar-refractivity contribution < 1.29 is 9.53 Å². The van der Waals surface area contributed by atoms with E-state index in [9.17, 15) is 4.79 Å². The molecule has 0 heterocycles. The van der Waals surface area contributed by atoms with E-state index in [0.29, 0.717) is 35.4 Å². The minimum absolute atomic E-state index is 0.0409. The molecule has 1 aliphatic carbocycles. The summed E-state index contributed by atoms with van der Waals surface area (Å²) in [6.07, 6.45) is 4.72. The maximum absolute atomic E-state index is 12.4. The first-order valence-electron chi connectivity index (χ1n) is 8.30. The van der Waals surface area contributed by atoms with Gasteiger partial charge in [0.1, 0.15) is 5.75 Å². The van der Waals surface area contributed by atoms with Crippen molar-refractivity contribution in [1.29, 1.82) is 0 Å². The summed E-state index contributed by atoms with van der Waals surface area (Å²) >= 11 is 0. The fraction of sp³-hybridized carbons (Fsp3) is 0.611. The highest BCUT2D eigenvalue weighted by Crippen LogP contribution is 2.26. The number of carbonyl (C=O) groups is 1. The zero-order valence-corrected chi connectivity index (χ0v) is 13.9. The van der Waals surface area contributed by atoms with Crippen LogP contribution in [0.25, 0.3) is 0 Å². The van der Waals surface area contributed by atoms with E-state index >= 15 is 0 Å². The first kappa shape index (κ1) is 16.7. The van der Waals surface area contributed by atoms with Crippen LogP contribution in [-0.4, -0.2) is 18.6 Å². The molecular weight excluding hydrogens is 276 g/mol. The Kier molecular flexibility index (Phi) is 5.69. The van der Waals surface area contributed by atoms with E-state index in [4.69, 9.17) is 10.5 Å². The Morgan fingerprint density at radius 1 is 1.36 bits per heavy atom. The fourth-order valence-corrected chi connectivity index (χ4v) is 2.86. The Balaban J connectivity index is 1.99. The molecule has 22 heavy (non-hydrogen) atoms. The van der Waals surface area contributed by atoms with Crippen LogP contribution in [0, 0.1) is 11.8 Å². The van der Waals surface area contributed by atoms with Crippen LogP contribution in [0.1, 0.15) is 56.8 Å². The lowest BCUT2D eigenvalue weighted by Gasteiger charge is -2.29. The summed E-state index contributed by atoms with van der Waals surface area (Å²) in [5.74, 6) is 1.59. The number of rotatable bonds is 5.